The number of likely N-dealkylation sites (tertiary alicyclic amines) is 1. The molecule has 3 nitrogen and oxygen atoms in total. The zero-order valence-corrected chi connectivity index (χ0v) is 12.9. The van der Waals surface area contributed by atoms with Crippen LogP contribution in [-0.2, 0) is 0 Å². The van der Waals surface area contributed by atoms with E-state index >= 15 is 0 Å². The van der Waals surface area contributed by atoms with E-state index in [-0.39, 0.29) is 0 Å². The average Bonchev–Trinajstić information content (AvgIpc) is 2.48. The molecule has 0 aromatic heterocycles. The van der Waals surface area contributed by atoms with Crippen LogP contribution in [0.1, 0.15) is 31.2 Å². The molecule has 0 bridgehead atoms. The number of aryl methyl sites for hydroxylation is 1. The second-order valence-electron chi connectivity index (χ2n) is 5.74. The number of nitrogens with zero attached hydrogens (tertiary/aromatic N) is 1. The molecule has 3 heteroatoms. The Morgan fingerprint density at radius 2 is 2.05 bits per heavy atom. The van der Waals surface area contributed by atoms with Gasteiger partial charge in [-0.2, -0.15) is 0 Å². The lowest BCUT2D eigenvalue weighted by Crippen LogP contribution is -2.42. The van der Waals surface area contributed by atoms with Crippen molar-refractivity contribution < 1.29 is 4.74 Å². The van der Waals surface area contributed by atoms with Gasteiger partial charge in [0.2, 0.25) is 0 Å². The first-order valence-corrected chi connectivity index (χ1v) is 7.87. The minimum atomic E-state index is 0.734. The lowest BCUT2D eigenvalue weighted by atomic mass is 9.99. The smallest absolute Gasteiger partial charge is 0.119 e. The quantitative estimate of drug-likeness (QED) is 0.829. The summed E-state index contributed by atoms with van der Waals surface area (Å²) in [5.41, 5.74) is 1.28. The highest BCUT2D eigenvalue weighted by Crippen LogP contribution is 2.19. The number of nitrogens with one attached hydrogen (secondary N) is 1. The average molecular weight is 276 g/mol. The van der Waals surface area contributed by atoms with Gasteiger partial charge in [-0.25, -0.2) is 0 Å². The first-order valence-electron chi connectivity index (χ1n) is 7.87. The van der Waals surface area contributed by atoms with Crippen molar-refractivity contribution in [1.29, 1.82) is 0 Å². The summed E-state index contributed by atoms with van der Waals surface area (Å²) in [7, 11) is 2.04. The third-order valence-corrected chi connectivity index (χ3v) is 4.14. The van der Waals surface area contributed by atoms with Crippen molar-refractivity contribution in [3.05, 3.63) is 29.8 Å². The molecule has 1 aromatic carbocycles. The Morgan fingerprint density at radius 1 is 1.25 bits per heavy atom. The Bertz CT molecular complexity index is 377. The molecule has 20 heavy (non-hydrogen) atoms. The summed E-state index contributed by atoms with van der Waals surface area (Å²) >= 11 is 0. The molecule has 112 valence electrons. The molecule has 1 saturated heterocycles. The number of piperidine rings is 1. The van der Waals surface area contributed by atoms with E-state index in [0.717, 1.165) is 31.5 Å². The molecular formula is C17H28N2O. The van der Waals surface area contributed by atoms with Gasteiger partial charge in [-0.1, -0.05) is 24.1 Å². The summed E-state index contributed by atoms with van der Waals surface area (Å²) in [5, 5.41) is 3.26. The maximum Gasteiger partial charge on any atom is 0.119 e. The second-order valence-corrected chi connectivity index (χ2v) is 5.74. The maximum absolute atomic E-state index is 5.86. The van der Waals surface area contributed by atoms with Crippen molar-refractivity contribution in [3.8, 4) is 5.75 Å². The number of hydrogen-bond acceptors (Lipinski definition) is 3. The molecule has 1 fully saturated rings. The van der Waals surface area contributed by atoms with Crippen molar-refractivity contribution in [1.82, 2.24) is 10.2 Å². The van der Waals surface area contributed by atoms with E-state index in [4.69, 9.17) is 4.74 Å². The van der Waals surface area contributed by atoms with Gasteiger partial charge >= 0.3 is 0 Å². The molecule has 1 heterocycles. The monoisotopic (exact) mass is 276 g/mol. The fraction of sp³-hybridized carbons (Fsp3) is 0.647. The Morgan fingerprint density at radius 3 is 2.80 bits per heavy atom. The maximum atomic E-state index is 5.86. The fourth-order valence-corrected chi connectivity index (χ4v) is 2.91. The van der Waals surface area contributed by atoms with Crippen molar-refractivity contribution in [2.24, 2.45) is 0 Å². The lowest BCUT2D eigenvalue weighted by molar-refractivity contribution is 0.117. The Balaban J connectivity index is 1.74. The first kappa shape index (κ1) is 15.3. The van der Waals surface area contributed by atoms with Gasteiger partial charge in [-0.15, -0.1) is 0 Å². The van der Waals surface area contributed by atoms with Crippen LogP contribution in [0.25, 0.3) is 0 Å². The van der Waals surface area contributed by atoms with Crippen LogP contribution in [0.15, 0.2) is 24.3 Å². The van der Waals surface area contributed by atoms with Gasteiger partial charge in [0.05, 0.1) is 0 Å². The van der Waals surface area contributed by atoms with Crippen LogP contribution in [0.2, 0.25) is 0 Å². The van der Waals surface area contributed by atoms with E-state index in [2.05, 4.69) is 41.4 Å². The van der Waals surface area contributed by atoms with Crippen LogP contribution < -0.4 is 10.1 Å². The van der Waals surface area contributed by atoms with Crippen LogP contribution in [0.5, 0.6) is 5.75 Å². The Hall–Kier alpha value is -1.06. The molecule has 1 N–H and O–H groups in total. The largest absolute Gasteiger partial charge is 0.492 e. The zero-order chi connectivity index (χ0) is 14.2. The van der Waals surface area contributed by atoms with Crippen LogP contribution >= 0.6 is 0 Å². The van der Waals surface area contributed by atoms with Crippen molar-refractivity contribution in [2.75, 3.05) is 33.3 Å². The normalized spacial score (nSPS) is 20.0. The van der Waals surface area contributed by atoms with Crippen LogP contribution in [0.4, 0.5) is 0 Å². The molecule has 1 atom stereocenters. The van der Waals surface area contributed by atoms with Gasteiger partial charge < -0.3 is 10.1 Å². The molecule has 1 aliphatic heterocycles. The zero-order valence-electron chi connectivity index (χ0n) is 12.9. The third kappa shape index (κ3) is 4.80. The molecule has 1 unspecified atom stereocenters. The fourth-order valence-electron chi connectivity index (χ4n) is 2.91. The van der Waals surface area contributed by atoms with E-state index in [9.17, 15) is 0 Å². The van der Waals surface area contributed by atoms with Crippen LogP contribution in [0.3, 0.4) is 0 Å². The Labute approximate surface area is 123 Å². The first-order chi connectivity index (χ1) is 9.79. The molecule has 2 rings (SSSR count). The molecule has 0 aliphatic carbocycles. The highest BCUT2D eigenvalue weighted by Gasteiger charge is 2.21. The molecule has 1 aromatic rings. The van der Waals surface area contributed by atoms with Gasteiger partial charge in [-0.05, 0) is 58.5 Å². The predicted molar refractivity (Wildman–Crippen MR) is 84.4 cm³/mol. The van der Waals surface area contributed by atoms with E-state index in [1.807, 2.05) is 7.05 Å². The van der Waals surface area contributed by atoms with Gasteiger partial charge in [0.1, 0.15) is 12.4 Å². The topological polar surface area (TPSA) is 24.5 Å². The summed E-state index contributed by atoms with van der Waals surface area (Å²) in [6, 6.07) is 9.06. The third-order valence-electron chi connectivity index (χ3n) is 4.14. The highest BCUT2D eigenvalue weighted by molar-refractivity contribution is 5.26. The minimum Gasteiger partial charge on any atom is -0.492 e. The van der Waals surface area contributed by atoms with Crippen LogP contribution in [0, 0.1) is 6.92 Å². The number of ether oxygens (including phenoxy) is 1. The van der Waals surface area contributed by atoms with E-state index in [0.29, 0.717) is 0 Å². The minimum absolute atomic E-state index is 0.734. The Kier molecular flexibility index (Phi) is 6.34. The predicted octanol–water partition coefficient (Wildman–Crippen LogP) is 2.84. The number of hydrogen-bond donors (Lipinski definition) is 1. The van der Waals surface area contributed by atoms with Crippen molar-refractivity contribution in [2.45, 2.75) is 38.6 Å². The molecular weight excluding hydrogens is 248 g/mol. The van der Waals surface area contributed by atoms with Crippen LogP contribution in [-0.4, -0.2) is 44.2 Å². The van der Waals surface area contributed by atoms with Gasteiger partial charge in [-0.3, -0.25) is 4.90 Å². The van der Waals surface area contributed by atoms with Gasteiger partial charge in [0, 0.05) is 12.6 Å². The number of benzene rings is 1. The molecule has 0 saturated carbocycles. The highest BCUT2D eigenvalue weighted by atomic mass is 16.5. The summed E-state index contributed by atoms with van der Waals surface area (Å²) in [6.07, 6.45) is 5.30. The lowest BCUT2D eigenvalue weighted by Gasteiger charge is -2.35. The summed E-state index contributed by atoms with van der Waals surface area (Å²) in [5.74, 6) is 0.986. The molecule has 0 amide bonds. The molecule has 0 radical (unpaired) electrons. The van der Waals surface area contributed by atoms with Crippen molar-refractivity contribution >= 4 is 0 Å². The van der Waals surface area contributed by atoms with E-state index in [1.54, 1.807) is 0 Å². The summed E-state index contributed by atoms with van der Waals surface area (Å²) in [4.78, 5) is 2.61. The molecule has 1 aliphatic rings. The van der Waals surface area contributed by atoms with Crippen molar-refractivity contribution in [3.63, 3.8) is 0 Å². The summed E-state index contributed by atoms with van der Waals surface area (Å²) in [6.45, 7) is 6.27. The second kappa shape index (κ2) is 8.28. The standard InChI is InChI=1S/C17H28N2O/c1-15-6-8-17(9-7-15)20-14-13-19-12-4-3-5-16(19)10-11-18-2/h6-9,16,18H,3-5,10-14H2,1-2H3. The molecule has 0 spiro atoms. The summed E-state index contributed by atoms with van der Waals surface area (Å²) < 4.78 is 5.86. The van der Waals surface area contributed by atoms with E-state index < -0.39 is 0 Å². The SMILES string of the molecule is CNCCC1CCCCN1CCOc1ccc(C)cc1. The van der Waals surface area contributed by atoms with Gasteiger partial charge in [0.25, 0.3) is 0 Å². The number of rotatable bonds is 7. The van der Waals surface area contributed by atoms with E-state index in [1.165, 1.54) is 37.8 Å². The van der Waals surface area contributed by atoms with Gasteiger partial charge in [0.15, 0.2) is 0 Å².